The Morgan fingerprint density at radius 1 is 1.26 bits per heavy atom. The third-order valence-corrected chi connectivity index (χ3v) is 4.07. The van der Waals surface area contributed by atoms with Gasteiger partial charge in [0.2, 0.25) is 0 Å². The minimum absolute atomic E-state index is 0.247. The molecule has 0 aliphatic heterocycles. The van der Waals surface area contributed by atoms with Crippen molar-refractivity contribution in [2.24, 2.45) is 11.3 Å². The molecule has 1 aromatic carbocycles. The molecule has 0 aromatic heterocycles. The van der Waals surface area contributed by atoms with Crippen molar-refractivity contribution in [3.63, 3.8) is 0 Å². The molecule has 1 aliphatic carbocycles. The zero-order valence-electron chi connectivity index (χ0n) is 12.2. The first kappa shape index (κ1) is 14.1. The zero-order valence-corrected chi connectivity index (χ0v) is 12.2. The predicted octanol–water partition coefficient (Wildman–Crippen LogP) is 3.88. The van der Waals surface area contributed by atoms with Gasteiger partial charge in [-0.3, -0.25) is 5.32 Å². The van der Waals surface area contributed by atoms with E-state index in [0.29, 0.717) is 5.92 Å². The van der Waals surface area contributed by atoms with E-state index in [1.165, 1.54) is 12.0 Å². The van der Waals surface area contributed by atoms with E-state index in [2.05, 4.69) is 44.3 Å². The monoisotopic (exact) mass is 256 g/mol. The summed E-state index contributed by atoms with van der Waals surface area (Å²) in [5.41, 5.74) is 1.13. The van der Waals surface area contributed by atoms with Crippen LogP contribution >= 0.6 is 0 Å². The van der Waals surface area contributed by atoms with Crippen molar-refractivity contribution in [2.75, 3.05) is 0 Å². The van der Waals surface area contributed by atoms with Crippen LogP contribution in [-0.2, 0) is 6.54 Å². The van der Waals surface area contributed by atoms with Gasteiger partial charge in [0.15, 0.2) is 0 Å². The lowest BCUT2D eigenvalue weighted by atomic mass is 9.64. The van der Waals surface area contributed by atoms with Gasteiger partial charge in [-0.1, -0.05) is 51.1 Å². The first-order valence-electron chi connectivity index (χ1n) is 7.15. The molecule has 1 aliphatic rings. The largest absolute Gasteiger partial charge is 0.295 e. The molecule has 19 heavy (non-hydrogen) atoms. The fourth-order valence-corrected chi connectivity index (χ4v) is 3.70. The lowest BCUT2D eigenvalue weighted by Crippen LogP contribution is -2.51. The van der Waals surface area contributed by atoms with Gasteiger partial charge in [-0.2, -0.15) is 5.26 Å². The normalized spacial score (nSPS) is 29.7. The van der Waals surface area contributed by atoms with Gasteiger partial charge >= 0.3 is 0 Å². The highest BCUT2D eigenvalue weighted by molar-refractivity contribution is 5.18. The standard InChI is InChI=1S/C17H24N2/c1-14-9-16(2,3)12-17(10-14,13-18)19-11-15-7-5-4-6-8-15/h4-8,14,19H,9-12H2,1-3H3. The summed E-state index contributed by atoms with van der Waals surface area (Å²) in [6.45, 7) is 7.59. The molecular formula is C17H24N2. The number of hydrogen-bond donors (Lipinski definition) is 1. The van der Waals surface area contributed by atoms with Gasteiger partial charge in [0.05, 0.1) is 6.07 Å². The van der Waals surface area contributed by atoms with Gasteiger partial charge < -0.3 is 0 Å². The lowest BCUT2D eigenvalue weighted by molar-refractivity contribution is 0.114. The van der Waals surface area contributed by atoms with Crippen LogP contribution in [0.2, 0.25) is 0 Å². The van der Waals surface area contributed by atoms with Crippen molar-refractivity contribution in [3.05, 3.63) is 35.9 Å². The highest BCUT2D eigenvalue weighted by atomic mass is 15.0. The molecule has 2 heteroatoms. The maximum Gasteiger partial charge on any atom is 0.107 e. The second-order valence-corrected chi connectivity index (χ2v) is 6.89. The Labute approximate surface area is 116 Å². The smallest absolute Gasteiger partial charge is 0.107 e. The second-order valence-electron chi connectivity index (χ2n) is 6.89. The third-order valence-electron chi connectivity index (χ3n) is 4.07. The number of nitriles is 1. The van der Waals surface area contributed by atoms with E-state index in [9.17, 15) is 5.26 Å². The van der Waals surface area contributed by atoms with Gasteiger partial charge in [0, 0.05) is 6.54 Å². The van der Waals surface area contributed by atoms with Crippen LogP contribution in [0.5, 0.6) is 0 Å². The molecule has 0 bridgehead atoms. The molecule has 2 atom stereocenters. The van der Waals surface area contributed by atoms with E-state index in [0.717, 1.165) is 19.4 Å². The molecule has 2 rings (SSSR count). The minimum atomic E-state index is -0.364. The molecule has 2 nitrogen and oxygen atoms in total. The van der Waals surface area contributed by atoms with Crippen LogP contribution in [0.3, 0.4) is 0 Å². The Hall–Kier alpha value is -1.33. The van der Waals surface area contributed by atoms with E-state index in [1.54, 1.807) is 0 Å². The summed E-state index contributed by atoms with van der Waals surface area (Å²) in [6, 6.07) is 12.9. The maximum atomic E-state index is 9.66. The Bertz CT molecular complexity index is 458. The molecule has 0 amide bonds. The highest BCUT2D eigenvalue weighted by Crippen LogP contribution is 2.43. The molecule has 0 radical (unpaired) electrons. The molecule has 1 aromatic rings. The zero-order chi connectivity index (χ0) is 13.9. The minimum Gasteiger partial charge on any atom is -0.295 e. The second kappa shape index (κ2) is 5.35. The maximum absolute atomic E-state index is 9.66. The summed E-state index contributed by atoms with van der Waals surface area (Å²) in [6.07, 6.45) is 3.11. The first-order chi connectivity index (χ1) is 8.95. The number of rotatable bonds is 3. The predicted molar refractivity (Wildman–Crippen MR) is 78.4 cm³/mol. The summed E-state index contributed by atoms with van der Waals surface area (Å²) in [4.78, 5) is 0. The van der Waals surface area contributed by atoms with Crippen molar-refractivity contribution in [1.82, 2.24) is 5.32 Å². The van der Waals surface area contributed by atoms with Crippen LogP contribution < -0.4 is 5.32 Å². The topological polar surface area (TPSA) is 35.8 Å². The van der Waals surface area contributed by atoms with E-state index in [4.69, 9.17) is 0 Å². The molecule has 102 valence electrons. The van der Waals surface area contributed by atoms with E-state index < -0.39 is 0 Å². The summed E-state index contributed by atoms with van der Waals surface area (Å²) < 4.78 is 0. The average Bonchev–Trinajstić information content (AvgIpc) is 2.35. The summed E-state index contributed by atoms with van der Waals surface area (Å²) in [7, 11) is 0. The van der Waals surface area contributed by atoms with Crippen molar-refractivity contribution >= 4 is 0 Å². The summed E-state index contributed by atoms with van der Waals surface area (Å²) in [5.74, 6) is 0.603. The number of hydrogen-bond acceptors (Lipinski definition) is 2. The van der Waals surface area contributed by atoms with Crippen LogP contribution in [0.4, 0.5) is 0 Å². The molecular weight excluding hydrogens is 232 g/mol. The number of nitrogens with zero attached hydrogens (tertiary/aromatic N) is 1. The van der Waals surface area contributed by atoms with E-state index in [1.807, 2.05) is 18.2 Å². The van der Waals surface area contributed by atoms with Gasteiger partial charge in [-0.25, -0.2) is 0 Å². The number of nitrogens with one attached hydrogen (secondary N) is 1. The van der Waals surface area contributed by atoms with Crippen molar-refractivity contribution in [3.8, 4) is 6.07 Å². The van der Waals surface area contributed by atoms with E-state index in [-0.39, 0.29) is 11.0 Å². The third kappa shape index (κ3) is 3.58. The van der Waals surface area contributed by atoms with Gasteiger partial charge in [0.1, 0.15) is 5.54 Å². The van der Waals surface area contributed by atoms with Crippen LogP contribution in [0.1, 0.15) is 45.6 Å². The van der Waals surface area contributed by atoms with Crippen LogP contribution in [0, 0.1) is 22.7 Å². The lowest BCUT2D eigenvalue weighted by Gasteiger charge is -2.44. The Morgan fingerprint density at radius 2 is 1.95 bits per heavy atom. The van der Waals surface area contributed by atoms with Gasteiger partial charge in [-0.15, -0.1) is 0 Å². The Kier molecular flexibility index (Phi) is 3.96. The molecule has 0 saturated heterocycles. The fraction of sp³-hybridized carbons (Fsp3) is 0.588. The SMILES string of the molecule is CC1CC(C)(C)CC(C#N)(NCc2ccccc2)C1. The van der Waals surface area contributed by atoms with Gasteiger partial charge in [-0.05, 0) is 36.2 Å². The molecule has 0 spiro atoms. The van der Waals surface area contributed by atoms with Crippen molar-refractivity contribution in [1.29, 1.82) is 5.26 Å². The average molecular weight is 256 g/mol. The van der Waals surface area contributed by atoms with Crippen LogP contribution in [-0.4, -0.2) is 5.54 Å². The van der Waals surface area contributed by atoms with E-state index >= 15 is 0 Å². The van der Waals surface area contributed by atoms with Gasteiger partial charge in [0.25, 0.3) is 0 Å². The molecule has 1 N–H and O–H groups in total. The highest BCUT2D eigenvalue weighted by Gasteiger charge is 2.42. The summed E-state index contributed by atoms with van der Waals surface area (Å²) >= 11 is 0. The Morgan fingerprint density at radius 3 is 2.53 bits per heavy atom. The molecule has 0 heterocycles. The van der Waals surface area contributed by atoms with Crippen molar-refractivity contribution < 1.29 is 0 Å². The molecule has 2 unspecified atom stereocenters. The number of benzene rings is 1. The fourth-order valence-electron chi connectivity index (χ4n) is 3.70. The Balaban J connectivity index is 2.08. The van der Waals surface area contributed by atoms with Crippen LogP contribution in [0.15, 0.2) is 30.3 Å². The molecule has 1 saturated carbocycles. The van der Waals surface area contributed by atoms with Crippen molar-refractivity contribution in [2.45, 2.75) is 52.1 Å². The van der Waals surface area contributed by atoms with Crippen LogP contribution in [0.25, 0.3) is 0 Å². The first-order valence-corrected chi connectivity index (χ1v) is 7.15. The summed E-state index contributed by atoms with van der Waals surface area (Å²) in [5, 5.41) is 13.2. The molecule has 1 fully saturated rings. The quantitative estimate of drug-likeness (QED) is 0.890.